The molecule has 4 heteroatoms. The number of hydrogen-bond donors (Lipinski definition) is 1. The van der Waals surface area contributed by atoms with E-state index in [0.29, 0.717) is 11.8 Å². The zero-order valence-electron chi connectivity index (χ0n) is 9.49. The molecule has 1 atom stereocenters. The lowest BCUT2D eigenvalue weighted by atomic mass is 9.89. The van der Waals surface area contributed by atoms with E-state index in [2.05, 4.69) is 15.5 Å². The van der Waals surface area contributed by atoms with Gasteiger partial charge in [0.1, 0.15) is 0 Å². The van der Waals surface area contributed by atoms with Crippen molar-refractivity contribution in [2.45, 2.75) is 51.0 Å². The normalized spacial score (nSPS) is 20.4. The van der Waals surface area contributed by atoms with Gasteiger partial charge in [-0.3, -0.25) is 0 Å². The van der Waals surface area contributed by atoms with Crippen LogP contribution in [0, 0.1) is 0 Å². The van der Waals surface area contributed by atoms with Crippen molar-refractivity contribution < 1.29 is 4.52 Å². The minimum absolute atomic E-state index is 0.148. The predicted octanol–water partition coefficient (Wildman–Crippen LogP) is 2.40. The summed E-state index contributed by atoms with van der Waals surface area (Å²) < 4.78 is 5.25. The Labute approximate surface area is 90.4 Å². The Hall–Kier alpha value is -0.900. The van der Waals surface area contributed by atoms with E-state index >= 15 is 0 Å². The Kier molecular flexibility index (Phi) is 3.36. The summed E-state index contributed by atoms with van der Waals surface area (Å²) in [6.07, 6.45) is 6.39. The zero-order chi connectivity index (χ0) is 10.7. The second-order valence-corrected chi connectivity index (χ2v) is 4.34. The molecule has 15 heavy (non-hydrogen) atoms. The molecule has 0 bridgehead atoms. The van der Waals surface area contributed by atoms with Crippen molar-refractivity contribution in [1.82, 2.24) is 15.5 Å². The average molecular weight is 209 g/mol. The van der Waals surface area contributed by atoms with E-state index < -0.39 is 0 Å². The van der Waals surface area contributed by atoms with Crippen LogP contribution in [-0.2, 0) is 0 Å². The lowest BCUT2D eigenvalue weighted by Gasteiger charge is -2.17. The maximum Gasteiger partial charge on any atom is 0.243 e. The fourth-order valence-electron chi connectivity index (χ4n) is 2.07. The Balaban J connectivity index is 2.05. The summed E-state index contributed by atoms with van der Waals surface area (Å²) in [7, 11) is 1.90. The maximum absolute atomic E-state index is 5.25. The third-order valence-corrected chi connectivity index (χ3v) is 3.23. The lowest BCUT2D eigenvalue weighted by molar-refractivity contribution is 0.335. The molecule has 1 aliphatic carbocycles. The summed E-state index contributed by atoms with van der Waals surface area (Å²) in [6, 6.07) is 0.148. The molecule has 1 N–H and O–H groups in total. The first kappa shape index (κ1) is 10.6. The van der Waals surface area contributed by atoms with Crippen LogP contribution in [-0.4, -0.2) is 17.2 Å². The summed E-state index contributed by atoms with van der Waals surface area (Å²) in [6.45, 7) is 2.03. The van der Waals surface area contributed by atoms with Gasteiger partial charge in [0.15, 0.2) is 5.82 Å². The van der Waals surface area contributed by atoms with Crippen LogP contribution in [0.1, 0.15) is 62.7 Å². The summed E-state index contributed by atoms with van der Waals surface area (Å²) in [4.78, 5) is 4.46. The van der Waals surface area contributed by atoms with Crippen LogP contribution >= 0.6 is 0 Å². The molecule has 0 radical (unpaired) electrons. The number of nitrogens with zero attached hydrogens (tertiary/aromatic N) is 2. The van der Waals surface area contributed by atoms with Crippen LogP contribution in [0.3, 0.4) is 0 Å². The van der Waals surface area contributed by atoms with E-state index in [1.54, 1.807) is 0 Å². The fraction of sp³-hybridized carbons (Fsp3) is 0.818. The van der Waals surface area contributed by atoms with Crippen molar-refractivity contribution in [1.29, 1.82) is 0 Å². The highest BCUT2D eigenvalue weighted by Crippen LogP contribution is 2.31. The van der Waals surface area contributed by atoms with Gasteiger partial charge in [0, 0.05) is 5.92 Å². The third kappa shape index (κ3) is 2.37. The Bertz CT molecular complexity index is 305. The minimum atomic E-state index is 0.148. The summed E-state index contributed by atoms with van der Waals surface area (Å²) in [5, 5.41) is 7.18. The van der Waals surface area contributed by atoms with Crippen molar-refractivity contribution in [2.24, 2.45) is 0 Å². The maximum atomic E-state index is 5.25. The largest absolute Gasteiger partial charge is 0.338 e. The first-order chi connectivity index (χ1) is 7.31. The zero-order valence-corrected chi connectivity index (χ0v) is 9.49. The molecule has 1 aliphatic rings. The lowest BCUT2D eigenvalue weighted by Crippen LogP contribution is -2.13. The van der Waals surface area contributed by atoms with Crippen LogP contribution in [0.25, 0.3) is 0 Å². The number of rotatable bonds is 3. The first-order valence-corrected chi connectivity index (χ1v) is 5.82. The monoisotopic (exact) mass is 209 g/mol. The van der Waals surface area contributed by atoms with Gasteiger partial charge < -0.3 is 9.84 Å². The highest BCUT2D eigenvalue weighted by atomic mass is 16.5. The summed E-state index contributed by atoms with van der Waals surface area (Å²) in [5.74, 6) is 2.14. The average Bonchev–Trinajstić information content (AvgIpc) is 2.78. The SMILES string of the molecule is CNC(C)c1nc(C2CCCCC2)no1. The molecule has 2 rings (SSSR count). The van der Waals surface area contributed by atoms with Crippen molar-refractivity contribution in [2.75, 3.05) is 7.05 Å². The van der Waals surface area contributed by atoms with Crippen molar-refractivity contribution in [3.8, 4) is 0 Å². The van der Waals surface area contributed by atoms with Crippen molar-refractivity contribution >= 4 is 0 Å². The topological polar surface area (TPSA) is 51.0 Å². The number of hydrogen-bond acceptors (Lipinski definition) is 4. The fourth-order valence-corrected chi connectivity index (χ4v) is 2.07. The number of nitrogens with one attached hydrogen (secondary N) is 1. The third-order valence-electron chi connectivity index (χ3n) is 3.23. The molecule has 1 fully saturated rings. The highest BCUT2D eigenvalue weighted by molar-refractivity contribution is 4.98. The van der Waals surface area contributed by atoms with Gasteiger partial charge >= 0.3 is 0 Å². The molecule has 0 spiro atoms. The molecule has 1 aromatic rings. The highest BCUT2D eigenvalue weighted by Gasteiger charge is 2.21. The van der Waals surface area contributed by atoms with Crippen LogP contribution in [0.2, 0.25) is 0 Å². The van der Waals surface area contributed by atoms with Crippen LogP contribution in [0.4, 0.5) is 0 Å². The van der Waals surface area contributed by atoms with E-state index in [4.69, 9.17) is 4.52 Å². The molecule has 1 unspecified atom stereocenters. The van der Waals surface area contributed by atoms with E-state index in [9.17, 15) is 0 Å². The Morgan fingerprint density at radius 1 is 1.33 bits per heavy atom. The molecular formula is C11H19N3O. The van der Waals surface area contributed by atoms with Gasteiger partial charge in [0.05, 0.1) is 6.04 Å². The molecule has 1 heterocycles. The standard InChI is InChI=1S/C11H19N3O/c1-8(12-2)11-13-10(14-15-11)9-6-4-3-5-7-9/h8-9,12H,3-7H2,1-2H3. The smallest absolute Gasteiger partial charge is 0.243 e. The van der Waals surface area contributed by atoms with Crippen molar-refractivity contribution in [3.63, 3.8) is 0 Å². The van der Waals surface area contributed by atoms with Gasteiger partial charge in [0.2, 0.25) is 5.89 Å². The van der Waals surface area contributed by atoms with Crippen LogP contribution in [0.15, 0.2) is 4.52 Å². The molecule has 4 nitrogen and oxygen atoms in total. The number of aromatic nitrogens is 2. The molecule has 0 aliphatic heterocycles. The second kappa shape index (κ2) is 4.75. The molecule has 1 saturated carbocycles. The molecule has 84 valence electrons. The quantitative estimate of drug-likeness (QED) is 0.830. The first-order valence-electron chi connectivity index (χ1n) is 5.82. The van der Waals surface area contributed by atoms with E-state index in [0.717, 1.165) is 5.82 Å². The van der Waals surface area contributed by atoms with Gasteiger partial charge in [-0.2, -0.15) is 4.98 Å². The second-order valence-electron chi connectivity index (χ2n) is 4.34. The molecule has 0 aromatic carbocycles. The predicted molar refractivity (Wildman–Crippen MR) is 57.6 cm³/mol. The molecule has 1 aromatic heterocycles. The minimum Gasteiger partial charge on any atom is -0.338 e. The Morgan fingerprint density at radius 2 is 2.07 bits per heavy atom. The van der Waals surface area contributed by atoms with Crippen LogP contribution < -0.4 is 5.32 Å². The summed E-state index contributed by atoms with van der Waals surface area (Å²) >= 11 is 0. The van der Waals surface area contributed by atoms with Gasteiger partial charge in [0.25, 0.3) is 0 Å². The van der Waals surface area contributed by atoms with Crippen molar-refractivity contribution in [3.05, 3.63) is 11.7 Å². The van der Waals surface area contributed by atoms with E-state index in [1.165, 1.54) is 32.1 Å². The van der Waals surface area contributed by atoms with E-state index in [1.807, 2.05) is 14.0 Å². The van der Waals surface area contributed by atoms with Crippen LogP contribution in [0.5, 0.6) is 0 Å². The van der Waals surface area contributed by atoms with Gasteiger partial charge in [-0.1, -0.05) is 24.4 Å². The molecular weight excluding hydrogens is 190 g/mol. The van der Waals surface area contributed by atoms with Gasteiger partial charge in [-0.15, -0.1) is 0 Å². The molecule has 0 amide bonds. The molecule has 0 saturated heterocycles. The van der Waals surface area contributed by atoms with Gasteiger partial charge in [-0.25, -0.2) is 0 Å². The Morgan fingerprint density at radius 3 is 2.73 bits per heavy atom. The van der Waals surface area contributed by atoms with E-state index in [-0.39, 0.29) is 6.04 Å². The summed E-state index contributed by atoms with van der Waals surface area (Å²) in [5.41, 5.74) is 0. The van der Waals surface area contributed by atoms with Gasteiger partial charge in [-0.05, 0) is 26.8 Å².